The first-order chi connectivity index (χ1) is 15.5. The van der Waals surface area contributed by atoms with Gasteiger partial charge >= 0.3 is 11.8 Å². The van der Waals surface area contributed by atoms with Crippen LogP contribution < -0.4 is 20.2 Å². The van der Waals surface area contributed by atoms with Crippen LogP contribution in [0.1, 0.15) is 16.7 Å². The molecule has 2 N–H and O–H groups in total. The largest absolute Gasteiger partial charge is 0.493 e. The minimum Gasteiger partial charge on any atom is -0.493 e. The molecule has 0 bridgehead atoms. The Morgan fingerprint density at radius 1 is 0.938 bits per heavy atom. The highest BCUT2D eigenvalue weighted by atomic mass is 35.5. The fourth-order valence-electron chi connectivity index (χ4n) is 2.70. The molecule has 0 spiro atoms. The summed E-state index contributed by atoms with van der Waals surface area (Å²) in [5, 5.41) is 7.03. The van der Waals surface area contributed by atoms with Crippen LogP contribution in [0.3, 0.4) is 0 Å². The summed E-state index contributed by atoms with van der Waals surface area (Å²) in [7, 11) is 1.53. The second-order valence-corrected chi connectivity index (χ2v) is 7.13. The van der Waals surface area contributed by atoms with Gasteiger partial charge in [-0.1, -0.05) is 54.1 Å². The first-order valence-corrected chi connectivity index (χ1v) is 10.1. The average molecular weight is 452 g/mol. The number of halogens is 1. The third kappa shape index (κ3) is 6.85. The summed E-state index contributed by atoms with van der Waals surface area (Å²) in [5.41, 5.74) is 4.72. The SMILES string of the molecule is COc1cc(/C=N\NC(=O)C(=O)NCc2ccccc2)ccc1OCc1ccc(Cl)cc1. The first-order valence-electron chi connectivity index (χ1n) is 9.75. The summed E-state index contributed by atoms with van der Waals surface area (Å²) in [6.45, 7) is 0.612. The van der Waals surface area contributed by atoms with E-state index < -0.39 is 11.8 Å². The molecular formula is C24H22ClN3O4. The lowest BCUT2D eigenvalue weighted by molar-refractivity contribution is -0.139. The van der Waals surface area contributed by atoms with E-state index in [9.17, 15) is 9.59 Å². The smallest absolute Gasteiger partial charge is 0.329 e. The molecule has 0 aliphatic carbocycles. The zero-order valence-electron chi connectivity index (χ0n) is 17.4. The highest BCUT2D eigenvalue weighted by Gasteiger charge is 2.12. The number of nitrogens with zero attached hydrogens (tertiary/aromatic N) is 1. The number of hydrogen-bond donors (Lipinski definition) is 2. The van der Waals surface area contributed by atoms with E-state index in [1.54, 1.807) is 30.3 Å². The van der Waals surface area contributed by atoms with Gasteiger partial charge in [0.25, 0.3) is 0 Å². The highest BCUT2D eigenvalue weighted by molar-refractivity contribution is 6.35. The molecule has 0 aromatic heterocycles. The zero-order valence-corrected chi connectivity index (χ0v) is 18.1. The summed E-state index contributed by atoms with van der Waals surface area (Å²) in [6.07, 6.45) is 1.41. The molecule has 164 valence electrons. The number of methoxy groups -OCH3 is 1. The number of benzene rings is 3. The highest BCUT2D eigenvalue weighted by Crippen LogP contribution is 2.28. The number of carbonyl (C=O) groups excluding carboxylic acids is 2. The minimum absolute atomic E-state index is 0.255. The molecule has 32 heavy (non-hydrogen) atoms. The summed E-state index contributed by atoms with van der Waals surface area (Å²) in [4.78, 5) is 23.8. The third-order valence-electron chi connectivity index (χ3n) is 4.38. The maximum absolute atomic E-state index is 11.9. The molecule has 0 saturated heterocycles. The standard InChI is InChI=1S/C24H22ClN3O4/c1-31-22-13-19(9-12-21(22)32-16-18-7-10-20(25)11-8-18)15-27-28-24(30)23(29)26-14-17-5-3-2-4-6-17/h2-13,15H,14,16H2,1H3,(H,26,29)(H,28,30)/b27-15-. The van der Waals surface area contributed by atoms with E-state index in [1.807, 2.05) is 42.5 Å². The summed E-state index contributed by atoms with van der Waals surface area (Å²) in [5.74, 6) is -0.555. The van der Waals surface area contributed by atoms with Crippen LogP contribution in [0.15, 0.2) is 77.9 Å². The number of nitrogens with one attached hydrogen (secondary N) is 2. The van der Waals surface area contributed by atoms with Crippen LogP contribution in [0, 0.1) is 0 Å². The summed E-state index contributed by atoms with van der Waals surface area (Å²) in [6, 6.07) is 21.9. The Hall–Kier alpha value is -3.84. The maximum atomic E-state index is 11.9. The van der Waals surface area contributed by atoms with Crippen molar-refractivity contribution in [1.29, 1.82) is 0 Å². The van der Waals surface area contributed by atoms with Crippen LogP contribution in [0.4, 0.5) is 0 Å². The summed E-state index contributed by atoms with van der Waals surface area (Å²) < 4.78 is 11.2. The molecule has 0 heterocycles. The third-order valence-corrected chi connectivity index (χ3v) is 4.63. The monoisotopic (exact) mass is 451 g/mol. The topological polar surface area (TPSA) is 89.0 Å². The number of rotatable bonds is 8. The fraction of sp³-hybridized carbons (Fsp3) is 0.125. The van der Waals surface area contributed by atoms with Gasteiger partial charge in [0.05, 0.1) is 13.3 Å². The molecule has 0 aliphatic heterocycles. The van der Waals surface area contributed by atoms with E-state index in [-0.39, 0.29) is 6.54 Å². The zero-order chi connectivity index (χ0) is 22.8. The second kappa shape index (κ2) is 11.5. The van der Waals surface area contributed by atoms with Gasteiger partial charge in [-0.05, 0) is 47.0 Å². The van der Waals surface area contributed by atoms with E-state index >= 15 is 0 Å². The molecule has 0 radical (unpaired) electrons. The molecule has 3 aromatic rings. The quantitative estimate of drug-likeness (QED) is 0.310. The number of hydrazone groups is 1. The van der Waals surface area contributed by atoms with Gasteiger partial charge in [-0.2, -0.15) is 5.10 Å². The van der Waals surface area contributed by atoms with E-state index in [2.05, 4.69) is 15.8 Å². The Morgan fingerprint density at radius 3 is 2.41 bits per heavy atom. The van der Waals surface area contributed by atoms with Crippen molar-refractivity contribution >= 4 is 29.6 Å². The molecule has 2 amide bonds. The Labute approximate surface area is 191 Å². The van der Waals surface area contributed by atoms with Crippen LogP contribution in [0.25, 0.3) is 0 Å². The molecule has 0 saturated carbocycles. The lowest BCUT2D eigenvalue weighted by atomic mass is 10.2. The van der Waals surface area contributed by atoms with Gasteiger partial charge in [0.15, 0.2) is 11.5 Å². The van der Waals surface area contributed by atoms with E-state index in [4.69, 9.17) is 21.1 Å². The van der Waals surface area contributed by atoms with Crippen LogP contribution in [-0.4, -0.2) is 25.1 Å². The van der Waals surface area contributed by atoms with Gasteiger partial charge in [-0.15, -0.1) is 0 Å². The Morgan fingerprint density at radius 2 is 1.69 bits per heavy atom. The molecule has 0 atom stereocenters. The Kier molecular flexibility index (Phi) is 8.22. The van der Waals surface area contributed by atoms with Crippen molar-refractivity contribution in [3.05, 3.63) is 94.5 Å². The average Bonchev–Trinajstić information content (AvgIpc) is 2.83. The normalized spacial score (nSPS) is 10.6. The molecular weight excluding hydrogens is 430 g/mol. The van der Waals surface area contributed by atoms with Gasteiger partial charge in [-0.25, -0.2) is 5.43 Å². The lowest BCUT2D eigenvalue weighted by Crippen LogP contribution is -2.37. The van der Waals surface area contributed by atoms with Crippen LogP contribution in [0.2, 0.25) is 5.02 Å². The maximum Gasteiger partial charge on any atom is 0.329 e. The van der Waals surface area contributed by atoms with Crippen molar-refractivity contribution in [2.75, 3.05) is 7.11 Å². The van der Waals surface area contributed by atoms with Gasteiger partial charge in [0.1, 0.15) is 6.61 Å². The lowest BCUT2D eigenvalue weighted by Gasteiger charge is -2.11. The molecule has 0 unspecified atom stereocenters. The van der Waals surface area contributed by atoms with E-state index in [0.717, 1.165) is 11.1 Å². The molecule has 0 fully saturated rings. The number of hydrogen-bond acceptors (Lipinski definition) is 5. The molecule has 0 aliphatic rings. The van der Waals surface area contributed by atoms with Crippen LogP contribution in [0.5, 0.6) is 11.5 Å². The van der Waals surface area contributed by atoms with Crippen LogP contribution in [-0.2, 0) is 22.7 Å². The van der Waals surface area contributed by atoms with E-state index in [1.165, 1.54) is 13.3 Å². The van der Waals surface area contributed by atoms with Gasteiger partial charge in [0.2, 0.25) is 0 Å². The van der Waals surface area contributed by atoms with E-state index in [0.29, 0.717) is 28.7 Å². The number of carbonyl (C=O) groups is 2. The van der Waals surface area contributed by atoms with Crippen molar-refractivity contribution in [2.24, 2.45) is 5.10 Å². The minimum atomic E-state index is -0.855. The van der Waals surface area contributed by atoms with Gasteiger partial charge in [-0.3, -0.25) is 9.59 Å². The van der Waals surface area contributed by atoms with Gasteiger partial charge < -0.3 is 14.8 Å². The van der Waals surface area contributed by atoms with Crippen molar-refractivity contribution in [1.82, 2.24) is 10.7 Å². The molecule has 8 heteroatoms. The first kappa shape index (κ1) is 22.8. The van der Waals surface area contributed by atoms with Gasteiger partial charge in [0, 0.05) is 11.6 Å². The molecule has 7 nitrogen and oxygen atoms in total. The van der Waals surface area contributed by atoms with Crippen molar-refractivity contribution in [3.63, 3.8) is 0 Å². The number of ether oxygens (including phenoxy) is 2. The van der Waals surface area contributed by atoms with Crippen molar-refractivity contribution < 1.29 is 19.1 Å². The Bertz CT molecular complexity index is 1090. The molecule has 3 rings (SSSR count). The molecule has 3 aromatic carbocycles. The fourth-order valence-corrected chi connectivity index (χ4v) is 2.83. The van der Waals surface area contributed by atoms with Crippen LogP contribution >= 0.6 is 11.6 Å². The number of amides is 2. The van der Waals surface area contributed by atoms with Crippen molar-refractivity contribution in [2.45, 2.75) is 13.2 Å². The second-order valence-electron chi connectivity index (χ2n) is 6.69. The summed E-state index contributed by atoms with van der Waals surface area (Å²) >= 11 is 5.89. The predicted octanol–water partition coefficient (Wildman–Crippen LogP) is 3.69. The van der Waals surface area contributed by atoms with Crippen molar-refractivity contribution in [3.8, 4) is 11.5 Å². The Balaban J connectivity index is 1.51. The predicted molar refractivity (Wildman–Crippen MR) is 123 cm³/mol.